The first-order chi connectivity index (χ1) is 7.84. The van der Waals surface area contributed by atoms with Gasteiger partial charge >= 0.3 is 0 Å². The lowest BCUT2D eigenvalue weighted by molar-refractivity contribution is 0.691. The van der Waals surface area contributed by atoms with E-state index in [2.05, 4.69) is 35.0 Å². The summed E-state index contributed by atoms with van der Waals surface area (Å²) in [6, 6.07) is 12.3. The summed E-state index contributed by atoms with van der Waals surface area (Å²) in [6.45, 7) is 1.93. The van der Waals surface area contributed by atoms with Gasteiger partial charge in [0.25, 0.3) is 0 Å². The number of anilines is 1. The highest BCUT2D eigenvalue weighted by Crippen LogP contribution is 2.08. The minimum atomic E-state index is 0.822. The number of benzene rings is 1. The second-order valence-electron chi connectivity index (χ2n) is 3.75. The van der Waals surface area contributed by atoms with Crippen molar-refractivity contribution in [1.29, 1.82) is 0 Å². The van der Waals surface area contributed by atoms with Gasteiger partial charge in [-0.15, -0.1) is 11.3 Å². The van der Waals surface area contributed by atoms with Crippen molar-refractivity contribution in [2.45, 2.75) is 13.0 Å². The Bertz CT molecular complexity index is 406. The van der Waals surface area contributed by atoms with Gasteiger partial charge in [0, 0.05) is 23.7 Å². The fourth-order valence-corrected chi connectivity index (χ4v) is 2.24. The third-order valence-corrected chi connectivity index (χ3v) is 3.37. The van der Waals surface area contributed by atoms with Crippen molar-refractivity contribution in [3.05, 3.63) is 52.2 Å². The van der Waals surface area contributed by atoms with E-state index in [1.54, 1.807) is 0 Å². The van der Waals surface area contributed by atoms with Gasteiger partial charge in [0.15, 0.2) is 0 Å². The molecule has 1 heterocycles. The van der Waals surface area contributed by atoms with Crippen molar-refractivity contribution in [2.24, 2.45) is 0 Å². The molecule has 16 heavy (non-hydrogen) atoms. The summed E-state index contributed by atoms with van der Waals surface area (Å²) >= 11 is 1.81. The van der Waals surface area contributed by atoms with Crippen LogP contribution in [0.1, 0.15) is 10.4 Å². The summed E-state index contributed by atoms with van der Waals surface area (Å²) in [5, 5.41) is 5.55. The molecule has 0 radical (unpaired) electrons. The maximum Gasteiger partial charge on any atom is 0.0314 e. The zero-order valence-electron chi connectivity index (χ0n) is 9.15. The van der Waals surface area contributed by atoms with E-state index < -0.39 is 0 Å². The van der Waals surface area contributed by atoms with Crippen molar-refractivity contribution in [3.63, 3.8) is 0 Å². The van der Waals surface area contributed by atoms with Crippen molar-refractivity contribution in [1.82, 2.24) is 5.32 Å². The molecule has 0 aliphatic heterocycles. The van der Waals surface area contributed by atoms with Crippen LogP contribution in [-0.2, 0) is 13.0 Å². The Morgan fingerprint density at radius 1 is 1.12 bits per heavy atom. The Morgan fingerprint density at radius 2 is 1.94 bits per heavy atom. The predicted molar refractivity (Wildman–Crippen MR) is 70.6 cm³/mol. The lowest BCUT2D eigenvalue weighted by Gasteiger charge is -2.04. The van der Waals surface area contributed by atoms with E-state index in [-0.39, 0.29) is 0 Å². The molecule has 0 bridgehead atoms. The molecule has 0 amide bonds. The molecule has 0 spiro atoms. The van der Waals surface area contributed by atoms with E-state index in [0.29, 0.717) is 0 Å². The number of hydrogen-bond acceptors (Lipinski definition) is 3. The molecule has 0 aliphatic carbocycles. The highest BCUT2D eigenvalue weighted by molar-refractivity contribution is 7.09. The second kappa shape index (κ2) is 5.68. The fourth-order valence-electron chi connectivity index (χ4n) is 1.53. The molecule has 2 aromatic rings. The normalized spacial score (nSPS) is 10.5. The van der Waals surface area contributed by atoms with Crippen LogP contribution < -0.4 is 11.1 Å². The van der Waals surface area contributed by atoms with Gasteiger partial charge in [0.2, 0.25) is 0 Å². The highest BCUT2D eigenvalue weighted by Gasteiger charge is 1.94. The summed E-state index contributed by atoms with van der Waals surface area (Å²) in [7, 11) is 0. The first-order valence-corrected chi connectivity index (χ1v) is 6.30. The molecule has 3 N–H and O–H groups in total. The van der Waals surface area contributed by atoms with E-state index in [1.165, 1.54) is 10.4 Å². The lowest BCUT2D eigenvalue weighted by atomic mass is 10.2. The summed E-state index contributed by atoms with van der Waals surface area (Å²) < 4.78 is 0. The van der Waals surface area contributed by atoms with Crippen LogP contribution in [0.3, 0.4) is 0 Å². The standard InChI is InChI=1S/C13H16N2S/c14-12-5-3-11(4-6-12)10-15-8-7-13-2-1-9-16-13/h1-6,9,15H,7-8,10,14H2. The maximum atomic E-state index is 5.63. The Hall–Kier alpha value is -1.32. The third kappa shape index (κ3) is 3.36. The van der Waals surface area contributed by atoms with Crippen LogP contribution in [0.25, 0.3) is 0 Å². The average molecular weight is 232 g/mol. The number of thiophene rings is 1. The number of nitrogen functional groups attached to an aromatic ring is 1. The molecular weight excluding hydrogens is 216 g/mol. The van der Waals surface area contributed by atoms with E-state index in [4.69, 9.17) is 5.73 Å². The van der Waals surface area contributed by atoms with Gasteiger partial charge in [0.1, 0.15) is 0 Å². The van der Waals surface area contributed by atoms with Crippen LogP contribution in [0.15, 0.2) is 41.8 Å². The largest absolute Gasteiger partial charge is 0.399 e. The minimum absolute atomic E-state index is 0.822. The number of nitrogens with one attached hydrogen (secondary N) is 1. The van der Waals surface area contributed by atoms with Crippen molar-refractivity contribution in [2.75, 3.05) is 12.3 Å². The summed E-state index contributed by atoms with van der Waals surface area (Å²) in [4.78, 5) is 1.44. The van der Waals surface area contributed by atoms with Gasteiger partial charge in [0.05, 0.1) is 0 Å². The van der Waals surface area contributed by atoms with Gasteiger partial charge < -0.3 is 11.1 Å². The summed E-state index contributed by atoms with van der Waals surface area (Å²) in [5.74, 6) is 0. The molecule has 0 aliphatic rings. The smallest absolute Gasteiger partial charge is 0.0314 e. The molecule has 1 aromatic heterocycles. The van der Waals surface area contributed by atoms with Gasteiger partial charge in [-0.05, 0) is 35.6 Å². The average Bonchev–Trinajstić information content (AvgIpc) is 2.80. The summed E-state index contributed by atoms with van der Waals surface area (Å²) in [5.41, 5.74) is 7.73. The molecule has 3 heteroatoms. The van der Waals surface area contributed by atoms with Gasteiger partial charge in [-0.25, -0.2) is 0 Å². The van der Waals surface area contributed by atoms with Crippen LogP contribution in [0.2, 0.25) is 0 Å². The van der Waals surface area contributed by atoms with E-state index in [0.717, 1.165) is 25.2 Å². The number of rotatable bonds is 5. The monoisotopic (exact) mass is 232 g/mol. The fraction of sp³-hybridized carbons (Fsp3) is 0.231. The zero-order chi connectivity index (χ0) is 11.2. The Balaban J connectivity index is 1.70. The van der Waals surface area contributed by atoms with Crippen LogP contribution in [0.5, 0.6) is 0 Å². The van der Waals surface area contributed by atoms with Crippen LogP contribution in [0, 0.1) is 0 Å². The van der Waals surface area contributed by atoms with Crippen LogP contribution in [0.4, 0.5) is 5.69 Å². The van der Waals surface area contributed by atoms with Gasteiger partial charge in [-0.2, -0.15) is 0 Å². The first-order valence-electron chi connectivity index (χ1n) is 5.42. The predicted octanol–water partition coefficient (Wildman–Crippen LogP) is 2.66. The Kier molecular flexibility index (Phi) is 3.97. The Morgan fingerprint density at radius 3 is 2.62 bits per heavy atom. The second-order valence-corrected chi connectivity index (χ2v) is 4.78. The van der Waals surface area contributed by atoms with Gasteiger partial charge in [-0.1, -0.05) is 18.2 Å². The van der Waals surface area contributed by atoms with Crippen molar-refractivity contribution in [3.8, 4) is 0 Å². The molecule has 2 rings (SSSR count). The highest BCUT2D eigenvalue weighted by atomic mass is 32.1. The SMILES string of the molecule is Nc1ccc(CNCCc2cccs2)cc1. The topological polar surface area (TPSA) is 38.0 Å². The van der Waals surface area contributed by atoms with Crippen LogP contribution in [-0.4, -0.2) is 6.54 Å². The van der Waals surface area contributed by atoms with E-state index in [1.807, 2.05) is 23.5 Å². The first kappa shape index (κ1) is 11.2. The maximum absolute atomic E-state index is 5.63. The molecule has 0 fully saturated rings. The third-order valence-electron chi connectivity index (χ3n) is 2.44. The Labute approximate surface area is 100 Å². The molecule has 2 nitrogen and oxygen atoms in total. The number of nitrogens with two attached hydrogens (primary N) is 1. The van der Waals surface area contributed by atoms with Crippen molar-refractivity contribution >= 4 is 17.0 Å². The van der Waals surface area contributed by atoms with Crippen molar-refractivity contribution < 1.29 is 0 Å². The molecule has 84 valence electrons. The zero-order valence-corrected chi connectivity index (χ0v) is 9.96. The van der Waals surface area contributed by atoms with Crippen LogP contribution >= 0.6 is 11.3 Å². The minimum Gasteiger partial charge on any atom is -0.399 e. The molecular formula is C13H16N2S. The van der Waals surface area contributed by atoms with E-state index >= 15 is 0 Å². The molecule has 1 aromatic carbocycles. The summed E-state index contributed by atoms with van der Waals surface area (Å²) in [6.07, 6.45) is 1.10. The molecule has 0 atom stereocenters. The van der Waals surface area contributed by atoms with E-state index in [9.17, 15) is 0 Å². The molecule has 0 saturated carbocycles. The molecule has 0 saturated heterocycles. The quantitative estimate of drug-likeness (QED) is 0.614. The molecule has 0 unspecified atom stereocenters. The number of hydrogen-bond donors (Lipinski definition) is 2. The van der Waals surface area contributed by atoms with Gasteiger partial charge in [-0.3, -0.25) is 0 Å². The lowest BCUT2D eigenvalue weighted by Crippen LogP contribution is -2.16.